The Labute approximate surface area is 256 Å². The molecule has 0 amide bonds. The number of nitrogens with zero attached hydrogens (tertiary/aromatic N) is 2. The van der Waals surface area contributed by atoms with Crippen LogP contribution < -0.4 is 4.90 Å². The highest BCUT2D eigenvalue weighted by Gasteiger charge is 2.26. The van der Waals surface area contributed by atoms with Gasteiger partial charge < -0.3 is 4.90 Å². The SMILES string of the molecule is CCN(Cc1cccc(S(=O)(=O)O)c1)c1ccc(C(C2=CC=CCC2)C2C=CC(=[N+](CC)Cc3ccccc3)C=C2)cc1. The van der Waals surface area contributed by atoms with Gasteiger partial charge in [-0.05, 0) is 62.1 Å². The van der Waals surface area contributed by atoms with Gasteiger partial charge >= 0.3 is 0 Å². The van der Waals surface area contributed by atoms with Gasteiger partial charge in [-0.3, -0.25) is 4.55 Å². The van der Waals surface area contributed by atoms with Crippen LogP contribution in [0.25, 0.3) is 0 Å². The predicted octanol–water partition coefficient (Wildman–Crippen LogP) is 7.74. The summed E-state index contributed by atoms with van der Waals surface area (Å²) >= 11 is 0. The van der Waals surface area contributed by atoms with Crippen molar-refractivity contribution in [2.75, 3.05) is 18.0 Å². The second-order valence-corrected chi connectivity index (χ2v) is 12.6. The van der Waals surface area contributed by atoms with Crippen LogP contribution in [0.1, 0.15) is 49.3 Å². The molecule has 2 aliphatic rings. The third kappa shape index (κ3) is 7.70. The lowest BCUT2D eigenvalue weighted by atomic mass is 9.76. The topological polar surface area (TPSA) is 60.6 Å². The molecule has 0 saturated heterocycles. The van der Waals surface area contributed by atoms with Gasteiger partial charge in [0.15, 0.2) is 12.3 Å². The molecular formula is C37H41N2O3S+. The zero-order chi connectivity index (χ0) is 30.2. The molecule has 43 heavy (non-hydrogen) atoms. The van der Waals surface area contributed by atoms with Crippen LogP contribution in [0.15, 0.2) is 132 Å². The van der Waals surface area contributed by atoms with Crippen molar-refractivity contribution in [1.29, 1.82) is 0 Å². The van der Waals surface area contributed by atoms with Crippen LogP contribution in [-0.4, -0.2) is 36.3 Å². The minimum Gasteiger partial charge on any atom is -0.367 e. The van der Waals surface area contributed by atoms with Crippen molar-refractivity contribution in [3.63, 3.8) is 0 Å². The molecule has 6 heteroatoms. The molecule has 1 atom stereocenters. The summed E-state index contributed by atoms with van der Waals surface area (Å²) in [7, 11) is -4.24. The van der Waals surface area contributed by atoms with Gasteiger partial charge in [0.1, 0.15) is 6.54 Å². The fourth-order valence-electron chi connectivity index (χ4n) is 6.03. The van der Waals surface area contributed by atoms with Crippen LogP contribution in [0, 0.1) is 5.92 Å². The summed E-state index contributed by atoms with van der Waals surface area (Å²) in [4.78, 5) is 2.13. The fourth-order valence-corrected chi connectivity index (χ4v) is 6.58. The number of hydrogen-bond acceptors (Lipinski definition) is 3. The maximum atomic E-state index is 11.6. The highest BCUT2D eigenvalue weighted by atomic mass is 32.2. The summed E-state index contributed by atoms with van der Waals surface area (Å²) in [6, 6.07) is 26.0. The van der Waals surface area contributed by atoms with Crippen molar-refractivity contribution in [3.8, 4) is 0 Å². The molecule has 0 aliphatic heterocycles. The van der Waals surface area contributed by atoms with Crippen molar-refractivity contribution in [1.82, 2.24) is 0 Å². The van der Waals surface area contributed by atoms with E-state index in [0.29, 0.717) is 6.54 Å². The summed E-state index contributed by atoms with van der Waals surface area (Å²) in [5, 5.41) is 0. The molecule has 0 aromatic heterocycles. The normalized spacial score (nSPS) is 17.0. The second kappa shape index (κ2) is 14.0. The lowest BCUT2D eigenvalue weighted by Crippen LogP contribution is -2.23. The maximum Gasteiger partial charge on any atom is 0.294 e. The molecule has 0 saturated carbocycles. The average Bonchev–Trinajstić information content (AvgIpc) is 3.04. The first-order valence-corrected chi connectivity index (χ1v) is 16.6. The Bertz CT molecular complexity index is 1650. The summed E-state index contributed by atoms with van der Waals surface area (Å²) in [6.45, 7) is 7.43. The van der Waals surface area contributed by atoms with E-state index in [1.165, 1.54) is 34.5 Å². The van der Waals surface area contributed by atoms with Gasteiger partial charge in [0.05, 0.1) is 4.90 Å². The van der Waals surface area contributed by atoms with Crippen molar-refractivity contribution >= 4 is 21.5 Å². The zero-order valence-electron chi connectivity index (χ0n) is 25.0. The summed E-state index contributed by atoms with van der Waals surface area (Å²) < 4.78 is 35.1. The molecule has 222 valence electrons. The molecule has 0 bridgehead atoms. The third-order valence-corrected chi connectivity index (χ3v) is 9.19. The Hall–Kier alpha value is -4.00. The summed E-state index contributed by atoms with van der Waals surface area (Å²) in [5.74, 6) is 0.506. The molecule has 0 fully saturated rings. The van der Waals surface area contributed by atoms with Gasteiger partial charge in [-0.2, -0.15) is 8.42 Å². The Morgan fingerprint density at radius 3 is 2.28 bits per heavy atom. The van der Waals surface area contributed by atoms with Crippen LogP contribution >= 0.6 is 0 Å². The van der Waals surface area contributed by atoms with E-state index >= 15 is 0 Å². The molecule has 1 N–H and O–H groups in total. The molecule has 3 aromatic rings. The van der Waals surface area contributed by atoms with E-state index in [0.717, 1.165) is 43.7 Å². The van der Waals surface area contributed by atoms with Gasteiger partial charge in [-0.15, -0.1) is 0 Å². The fraction of sp³-hybridized carbons (Fsp3) is 0.270. The third-order valence-electron chi connectivity index (χ3n) is 8.34. The monoisotopic (exact) mass is 593 g/mol. The van der Waals surface area contributed by atoms with Gasteiger partial charge in [0, 0.05) is 48.3 Å². The molecule has 2 aliphatic carbocycles. The van der Waals surface area contributed by atoms with Gasteiger partial charge in [-0.1, -0.05) is 90.6 Å². The first-order chi connectivity index (χ1) is 20.9. The first-order valence-electron chi connectivity index (χ1n) is 15.1. The number of rotatable bonds is 11. The number of benzene rings is 3. The summed E-state index contributed by atoms with van der Waals surface area (Å²) in [6.07, 6.45) is 18.1. The quantitative estimate of drug-likeness (QED) is 0.183. The maximum absolute atomic E-state index is 11.6. The summed E-state index contributed by atoms with van der Waals surface area (Å²) in [5.41, 5.74) is 7.19. The van der Waals surface area contributed by atoms with Gasteiger partial charge in [0.25, 0.3) is 10.1 Å². The molecule has 0 heterocycles. The van der Waals surface area contributed by atoms with E-state index in [4.69, 9.17) is 0 Å². The Morgan fingerprint density at radius 1 is 0.930 bits per heavy atom. The molecule has 5 nitrogen and oxygen atoms in total. The van der Waals surface area contributed by atoms with E-state index in [1.807, 2.05) is 6.07 Å². The van der Waals surface area contributed by atoms with Crippen LogP contribution in [0.2, 0.25) is 0 Å². The number of anilines is 1. The van der Waals surface area contributed by atoms with E-state index in [2.05, 4.69) is 120 Å². The van der Waals surface area contributed by atoms with Crippen molar-refractivity contribution < 1.29 is 17.5 Å². The van der Waals surface area contributed by atoms with Gasteiger partial charge in [0.2, 0.25) is 0 Å². The van der Waals surface area contributed by atoms with E-state index in [9.17, 15) is 13.0 Å². The minimum absolute atomic E-state index is 0.0785. The average molecular weight is 594 g/mol. The minimum atomic E-state index is -4.24. The van der Waals surface area contributed by atoms with Crippen molar-refractivity contribution in [3.05, 3.63) is 144 Å². The number of hydrogen-bond donors (Lipinski definition) is 1. The Kier molecular flexibility index (Phi) is 9.90. The van der Waals surface area contributed by atoms with E-state index < -0.39 is 10.1 Å². The lowest BCUT2D eigenvalue weighted by Gasteiger charge is -2.29. The largest absolute Gasteiger partial charge is 0.367 e. The highest BCUT2D eigenvalue weighted by molar-refractivity contribution is 7.85. The Balaban J connectivity index is 1.38. The van der Waals surface area contributed by atoms with Gasteiger partial charge in [-0.25, -0.2) is 4.58 Å². The van der Waals surface area contributed by atoms with Crippen LogP contribution in [0.4, 0.5) is 5.69 Å². The lowest BCUT2D eigenvalue weighted by molar-refractivity contribution is -0.539. The molecule has 3 aromatic carbocycles. The molecular weight excluding hydrogens is 552 g/mol. The first kappa shape index (κ1) is 30.5. The zero-order valence-corrected chi connectivity index (χ0v) is 25.8. The predicted molar refractivity (Wildman–Crippen MR) is 176 cm³/mol. The van der Waals surface area contributed by atoms with E-state index in [1.54, 1.807) is 6.07 Å². The molecule has 1 unspecified atom stereocenters. The second-order valence-electron chi connectivity index (χ2n) is 11.1. The van der Waals surface area contributed by atoms with Crippen molar-refractivity contribution in [2.24, 2.45) is 5.92 Å². The van der Waals surface area contributed by atoms with E-state index in [-0.39, 0.29) is 16.7 Å². The Morgan fingerprint density at radius 2 is 1.65 bits per heavy atom. The highest BCUT2D eigenvalue weighted by Crippen LogP contribution is 2.39. The molecule has 5 rings (SSSR count). The van der Waals surface area contributed by atoms with Crippen LogP contribution in [0.3, 0.4) is 0 Å². The molecule has 0 spiro atoms. The van der Waals surface area contributed by atoms with Crippen LogP contribution in [0.5, 0.6) is 0 Å². The van der Waals surface area contributed by atoms with Crippen LogP contribution in [-0.2, 0) is 23.2 Å². The number of allylic oxidation sites excluding steroid dienone is 8. The smallest absolute Gasteiger partial charge is 0.294 e. The van der Waals surface area contributed by atoms with Crippen molar-refractivity contribution in [2.45, 2.75) is 50.6 Å². The molecule has 0 radical (unpaired) electrons. The standard InChI is InChI=1S/C37H40N2O3S/c1-3-38(27-29-12-7-5-8-13-29)34-22-18-32(19-23-34)37(31-15-9-6-10-16-31)33-20-24-35(25-21-33)39(4-2)28-30-14-11-17-36(26-30)43(40,41)42/h5-9,11-15,17-26,32,37H,3-4,10,16,27-28H2,1-2H3/p+1.